The summed E-state index contributed by atoms with van der Waals surface area (Å²) in [5.74, 6) is -0.788. The van der Waals surface area contributed by atoms with Gasteiger partial charge in [-0.05, 0) is 36.2 Å². The zero-order valence-electron chi connectivity index (χ0n) is 14.8. The summed E-state index contributed by atoms with van der Waals surface area (Å²) in [6.07, 6.45) is 0.340. The van der Waals surface area contributed by atoms with Crippen LogP contribution in [0.25, 0.3) is 0 Å². The second kappa shape index (κ2) is 7.89. The number of carbonyl (C=O) groups excluding carboxylic acids is 2. The molecule has 2 aromatic carbocycles. The standard InChI is InChI=1S/C19H20N2O5S/c1-26-13-14-6-4-7-15(12-14)20-18(22)10-5-11-21-19(23)16-8-2-3-9-17(16)27(21,24)25/h2-4,6-9,12H,5,10-11,13H2,1H3,(H,20,22). The Bertz CT molecular complexity index is 972. The molecule has 2 aromatic rings. The number of amides is 2. The second-order valence-corrected chi connectivity index (χ2v) is 7.99. The number of hydrogen-bond acceptors (Lipinski definition) is 5. The lowest BCUT2D eigenvalue weighted by atomic mass is 10.2. The minimum absolute atomic E-state index is 0.0226. The van der Waals surface area contributed by atoms with Crippen LogP contribution in [0.3, 0.4) is 0 Å². The van der Waals surface area contributed by atoms with Gasteiger partial charge in [-0.25, -0.2) is 12.7 Å². The molecule has 27 heavy (non-hydrogen) atoms. The molecule has 1 N–H and O–H groups in total. The summed E-state index contributed by atoms with van der Waals surface area (Å²) < 4.78 is 30.8. The lowest BCUT2D eigenvalue weighted by molar-refractivity contribution is -0.116. The molecule has 0 fully saturated rings. The Morgan fingerprint density at radius 1 is 1.15 bits per heavy atom. The number of ether oxygens (including phenoxy) is 1. The Morgan fingerprint density at radius 2 is 1.93 bits per heavy atom. The quantitative estimate of drug-likeness (QED) is 0.786. The Hall–Kier alpha value is -2.71. The van der Waals surface area contributed by atoms with Crippen LogP contribution in [-0.2, 0) is 26.2 Å². The first-order valence-corrected chi connectivity index (χ1v) is 9.91. The maximum absolute atomic E-state index is 12.5. The lowest BCUT2D eigenvalue weighted by Gasteiger charge is -2.14. The van der Waals surface area contributed by atoms with E-state index in [0.29, 0.717) is 12.3 Å². The highest BCUT2D eigenvalue weighted by molar-refractivity contribution is 7.90. The zero-order valence-corrected chi connectivity index (χ0v) is 15.7. The third-order valence-corrected chi connectivity index (χ3v) is 6.04. The number of anilines is 1. The van der Waals surface area contributed by atoms with Gasteiger partial charge in [-0.3, -0.25) is 9.59 Å². The molecule has 3 rings (SSSR count). The molecule has 8 heteroatoms. The first kappa shape index (κ1) is 19.1. The first-order chi connectivity index (χ1) is 12.9. The van der Waals surface area contributed by atoms with Gasteiger partial charge in [-0.2, -0.15) is 0 Å². The van der Waals surface area contributed by atoms with Gasteiger partial charge in [-0.15, -0.1) is 0 Å². The maximum Gasteiger partial charge on any atom is 0.269 e. The van der Waals surface area contributed by atoms with Crippen molar-refractivity contribution in [2.75, 3.05) is 19.0 Å². The van der Waals surface area contributed by atoms with Crippen molar-refractivity contribution in [3.05, 3.63) is 59.7 Å². The summed E-state index contributed by atoms with van der Waals surface area (Å²) in [5.41, 5.74) is 1.76. The smallest absolute Gasteiger partial charge is 0.269 e. The number of fused-ring (bicyclic) bond motifs is 1. The van der Waals surface area contributed by atoms with Gasteiger partial charge < -0.3 is 10.1 Å². The molecule has 1 heterocycles. The molecule has 0 bridgehead atoms. The minimum atomic E-state index is -3.83. The maximum atomic E-state index is 12.5. The number of nitrogens with one attached hydrogen (secondary N) is 1. The Labute approximate surface area is 158 Å². The number of nitrogens with zero attached hydrogens (tertiary/aromatic N) is 1. The van der Waals surface area contributed by atoms with Crippen molar-refractivity contribution in [1.82, 2.24) is 4.31 Å². The van der Waals surface area contributed by atoms with Crippen molar-refractivity contribution in [2.24, 2.45) is 0 Å². The summed E-state index contributed by atoms with van der Waals surface area (Å²) in [7, 11) is -2.23. The molecule has 0 saturated carbocycles. The fraction of sp³-hybridized carbons (Fsp3) is 0.263. The van der Waals surface area contributed by atoms with Crippen LogP contribution >= 0.6 is 0 Å². The van der Waals surface area contributed by atoms with Crippen molar-refractivity contribution in [1.29, 1.82) is 0 Å². The number of methoxy groups -OCH3 is 1. The van der Waals surface area contributed by atoms with Crippen LogP contribution in [-0.4, -0.2) is 38.2 Å². The van der Waals surface area contributed by atoms with Crippen LogP contribution < -0.4 is 5.32 Å². The van der Waals surface area contributed by atoms with Crippen molar-refractivity contribution in [3.8, 4) is 0 Å². The van der Waals surface area contributed by atoms with Crippen molar-refractivity contribution in [3.63, 3.8) is 0 Å². The van der Waals surface area contributed by atoms with Crippen molar-refractivity contribution < 1.29 is 22.7 Å². The third-order valence-electron chi connectivity index (χ3n) is 4.20. The van der Waals surface area contributed by atoms with E-state index in [9.17, 15) is 18.0 Å². The predicted molar refractivity (Wildman–Crippen MR) is 99.7 cm³/mol. The number of rotatable bonds is 7. The largest absolute Gasteiger partial charge is 0.380 e. The molecule has 1 aliphatic rings. The van der Waals surface area contributed by atoms with Gasteiger partial charge in [-0.1, -0.05) is 24.3 Å². The topological polar surface area (TPSA) is 92.8 Å². The molecule has 0 atom stereocenters. The molecule has 0 aliphatic carbocycles. The fourth-order valence-electron chi connectivity index (χ4n) is 2.96. The average Bonchev–Trinajstić information content (AvgIpc) is 2.83. The van der Waals surface area contributed by atoms with E-state index >= 15 is 0 Å². The highest BCUT2D eigenvalue weighted by atomic mass is 32.2. The lowest BCUT2D eigenvalue weighted by Crippen LogP contribution is -2.31. The van der Waals surface area contributed by atoms with Crippen LogP contribution in [0, 0.1) is 0 Å². The van der Waals surface area contributed by atoms with E-state index in [2.05, 4.69) is 5.32 Å². The van der Waals surface area contributed by atoms with E-state index in [1.54, 1.807) is 25.3 Å². The molecule has 0 aromatic heterocycles. The number of hydrogen-bond donors (Lipinski definition) is 1. The van der Waals surface area contributed by atoms with Gasteiger partial charge >= 0.3 is 0 Å². The van der Waals surface area contributed by atoms with Gasteiger partial charge in [0.05, 0.1) is 12.2 Å². The van der Waals surface area contributed by atoms with Crippen molar-refractivity contribution in [2.45, 2.75) is 24.3 Å². The van der Waals surface area contributed by atoms with E-state index in [0.717, 1.165) is 9.87 Å². The van der Waals surface area contributed by atoms with E-state index in [1.165, 1.54) is 12.1 Å². The van der Waals surface area contributed by atoms with E-state index in [-0.39, 0.29) is 35.8 Å². The Balaban J connectivity index is 1.57. The molecule has 0 radical (unpaired) electrons. The molecule has 7 nitrogen and oxygen atoms in total. The van der Waals surface area contributed by atoms with Crippen LogP contribution in [0.15, 0.2) is 53.4 Å². The minimum Gasteiger partial charge on any atom is -0.380 e. The average molecular weight is 388 g/mol. The number of benzene rings is 2. The SMILES string of the molecule is COCc1cccc(NC(=O)CCCN2C(=O)c3ccccc3S2(=O)=O)c1. The van der Waals surface area contributed by atoms with E-state index in [4.69, 9.17) is 4.74 Å². The summed E-state index contributed by atoms with van der Waals surface area (Å²) in [6, 6.07) is 13.4. The molecule has 142 valence electrons. The van der Waals surface area contributed by atoms with Gasteiger partial charge in [0.1, 0.15) is 4.90 Å². The fourth-order valence-corrected chi connectivity index (χ4v) is 4.57. The van der Waals surface area contributed by atoms with Crippen LogP contribution in [0.2, 0.25) is 0 Å². The Kier molecular flexibility index (Phi) is 5.57. The molecule has 0 unspecified atom stereocenters. The van der Waals surface area contributed by atoms with Gasteiger partial charge in [0.25, 0.3) is 15.9 Å². The van der Waals surface area contributed by atoms with Gasteiger partial charge in [0, 0.05) is 25.8 Å². The third kappa shape index (κ3) is 4.01. The number of carbonyl (C=O) groups is 2. The second-order valence-electron chi connectivity index (χ2n) is 6.16. The Morgan fingerprint density at radius 3 is 2.67 bits per heavy atom. The predicted octanol–water partition coefficient (Wildman–Crippen LogP) is 2.40. The summed E-state index contributed by atoms with van der Waals surface area (Å²) in [4.78, 5) is 24.5. The summed E-state index contributed by atoms with van der Waals surface area (Å²) >= 11 is 0. The zero-order chi connectivity index (χ0) is 19.4. The summed E-state index contributed by atoms with van der Waals surface area (Å²) in [6.45, 7) is 0.409. The molecule has 1 aliphatic heterocycles. The monoisotopic (exact) mass is 388 g/mol. The highest BCUT2D eigenvalue weighted by Crippen LogP contribution is 2.30. The van der Waals surface area contributed by atoms with E-state index in [1.807, 2.05) is 18.2 Å². The summed E-state index contributed by atoms with van der Waals surface area (Å²) in [5, 5.41) is 2.77. The molecule has 2 amide bonds. The molecular weight excluding hydrogens is 368 g/mol. The highest BCUT2D eigenvalue weighted by Gasteiger charge is 2.40. The van der Waals surface area contributed by atoms with Gasteiger partial charge in [0.2, 0.25) is 5.91 Å². The van der Waals surface area contributed by atoms with Crippen LogP contribution in [0.5, 0.6) is 0 Å². The van der Waals surface area contributed by atoms with Crippen LogP contribution in [0.1, 0.15) is 28.8 Å². The molecular formula is C19H20N2O5S. The first-order valence-electron chi connectivity index (χ1n) is 8.47. The molecule has 0 saturated heterocycles. The molecule has 0 spiro atoms. The van der Waals surface area contributed by atoms with Crippen molar-refractivity contribution >= 4 is 27.5 Å². The number of sulfonamides is 1. The van der Waals surface area contributed by atoms with Gasteiger partial charge in [0.15, 0.2) is 0 Å². The van der Waals surface area contributed by atoms with E-state index < -0.39 is 15.9 Å². The van der Waals surface area contributed by atoms with Crippen LogP contribution in [0.4, 0.5) is 5.69 Å². The normalized spacial score (nSPS) is 14.9.